The zero-order chi connectivity index (χ0) is 17.6. The highest BCUT2D eigenvalue weighted by molar-refractivity contribution is 7.12. The Balaban J connectivity index is 1.53. The average Bonchev–Trinajstić information content (AvgIpc) is 3.08. The third-order valence-corrected chi connectivity index (χ3v) is 4.62. The van der Waals surface area contributed by atoms with Gasteiger partial charge in [-0.2, -0.15) is 0 Å². The minimum Gasteiger partial charge on any atom is -0.489 e. The first-order chi connectivity index (χ1) is 12.1. The van der Waals surface area contributed by atoms with Crippen molar-refractivity contribution < 1.29 is 13.9 Å². The van der Waals surface area contributed by atoms with Gasteiger partial charge in [0.2, 0.25) is 0 Å². The van der Waals surface area contributed by atoms with E-state index in [1.807, 2.05) is 42.6 Å². The molecular formula is C20H18FNO2S. The van der Waals surface area contributed by atoms with Crippen LogP contribution in [-0.2, 0) is 13.2 Å². The fourth-order valence-electron chi connectivity index (χ4n) is 2.31. The van der Waals surface area contributed by atoms with Gasteiger partial charge in [-0.1, -0.05) is 24.3 Å². The Morgan fingerprint density at radius 3 is 2.68 bits per heavy atom. The number of halogens is 1. The fourth-order valence-corrected chi connectivity index (χ4v) is 3.13. The van der Waals surface area contributed by atoms with Crippen molar-refractivity contribution in [2.24, 2.45) is 0 Å². The second-order valence-corrected chi connectivity index (χ2v) is 6.64. The van der Waals surface area contributed by atoms with E-state index in [2.05, 4.69) is 5.32 Å². The first-order valence-corrected chi connectivity index (χ1v) is 8.77. The highest BCUT2D eigenvalue weighted by Crippen LogP contribution is 2.19. The molecular weight excluding hydrogens is 337 g/mol. The molecule has 2 aromatic carbocycles. The molecule has 0 radical (unpaired) electrons. The van der Waals surface area contributed by atoms with Crippen molar-refractivity contribution >= 4 is 17.2 Å². The Morgan fingerprint density at radius 1 is 1.12 bits per heavy atom. The number of amides is 1. The SMILES string of the molecule is Cc1cccc(OCc2csc(C(=O)NCc3ccc(F)cc3)c2)c1. The van der Waals surface area contributed by atoms with Crippen molar-refractivity contribution in [2.45, 2.75) is 20.1 Å². The van der Waals surface area contributed by atoms with Crippen LogP contribution in [0.4, 0.5) is 4.39 Å². The molecule has 0 aliphatic heterocycles. The van der Waals surface area contributed by atoms with Gasteiger partial charge in [-0.15, -0.1) is 11.3 Å². The van der Waals surface area contributed by atoms with Gasteiger partial charge in [-0.25, -0.2) is 4.39 Å². The van der Waals surface area contributed by atoms with Crippen LogP contribution in [0.1, 0.15) is 26.4 Å². The largest absolute Gasteiger partial charge is 0.489 e. The van der Waals surface area contributed by atoms with Crippen LogP contribution in [0, 0.1) is 12.7 Å². The second kappa shape index (κ2) is 7.94. The van der Waals surface area contributed by atoms with Crippen molar-refractivity contribution in [2.75, 3.05) is 0 Å². The van der Waals surface area contributed by atoms with E-state index in [4.69, 9.17) is 4.74 Å². The molecule has 0 spiro atoms. The van der Waals surface area contributed by atoms with Crippen molar-refractivity contribution in [1.29, 1.82) is 0 Å². The summed E-state index contributed by atoms with van der Waals surface area (Å²) in [5.41, 5.74) is 2.96. The molecule has 1 amide bonds. The van der Waals surface area contributed by atoms with Gasteiger partial charge in [-0.05, 0) is 53.8 Å². The number of ether oxygens (including phenoxy) is 1. The van der Waals surface area contributed by atoms with Gasteiger partial charge in [0.15, 0.2) is 0 Å². The van der Waals surface area contributed by atoms with Crippen LogP contribution in [0.15, 0.2) is 60.0 Å². The summed E-state index contributed by atoms with van der Waals surface area (Å²) in [6, 6.07) is 15.8. The maximum atomic E-state index is 12.9. The van der Waals surface area contributed by atoms with E-state index in [1.165, 1.54) is 23.5 Å². The lowest BCUT2D eigenvalue weighted by atomic mass is 10.2. The highest BCUT2D eigenvalue weighted by atomic mass is 32.1. The van der Waals surface area contributed by atoms with Gasteiger partial charge in [-0.3, -0.25) is 4.79 Å². The van der Waals surface area contributed by atoms with Crippen molar-refractivity contribution in [1.82, 2.24) is 5.32 Å². The predicted molar refractivity (Wildman–Crippen MR) is 97.4 cm³/mol. The van der Waals surface area contributed by atoms with Crippen molar-refractivity contribution in [3.8, 4) is 5.75 Å². The van der Waals surface area contributed by atoms with Crippen LogP contribution in [-0.4, -0.2) is 5.91 Å². The first-order valence-electron chi connectivity index (χ1n) is 7.90. The van der Waals surface area contributed by atoms with E-state index in [0.29, 0.717) is 18.0 Å². The van der Waals surface area contributed by atoms with Gasteiger partial charge in [0.25, 0.3) is 5.91 Å². The Morgan fingerprint density at radius 2 is 1.92 bits per heavy atom. The van der Waals surface area contributed by atoms with E-state index in [9.17, 15) is 9.18 Å². The number of aryl methyl sites for hydroxylation is 1. The normalized spacial score (nSPS) is 10.5. The summed E-state index contributed by atoms with van der Waals surface area (Å²) in [6.07, 6.45) is 0. The topological polar surface area (TPSA) is 38.3 Å². The molecule has 0 atom stereocenters. The monoisotopic (exact) mass is 355 g/mol. The molecule has 0 fully saturated rings. The van der Waals surface area contributed by atoms with Crippen molar-refractivity contribution in [3.63, 3.8) is 0 Å². The van der Waals surface area contributed by atoms with Crippen LogP contribution in [0.25, 0.3) is 0 Å². The van der Waals surface area contributed by atoms with Gasteiger partial charge in [0.05, 0.1) is 4.88 Å². The first kappa shape index (κ1) is 17.2. The lowest BCUT2D eigenvalue weighted by Crippen LogP contribution is -2.21. The molecule has 0 saturated carbocycles. The van der Waals surface area contributed by atoms with E-state index < -0.39 is 0 Å². The van der Waals surface area contributed by atoms with Crippen molar-refractivity contribution in [3.05, 3.63) is 87.4 Å². The summed E-state index contributed by atoms with van der Waals surface area (Å²) in [6.45, 7) is 2.80. The molecule has 3 rings (SSSR count). The molecule has 1 heterocycles. The van der Waals surface area contributed by atoms with Crippen LogP contribution in [0.5, 0.6) is 5.75 Å². The van der Waals surface area contributed by atoms with E-state index in [-0.39, 0.29) is 11.7 Å². The standard InChI is InChI=1S/C20H18FNO2S/c1-14-3-2-4-18(9-14)24-12-16-10-19(25-13-16)20(23)22-11-15-5-7-17(21)8-6-15/h2-10,13H,11-12H2,1H3,(H,22,23). The molecule has 0 aliphatic rings. The molecule has 3 nitrogen and oxygen atoms in total. The molecule has 25 heavy (non-hydrogen) atoms. The molecule has 5 heteroatoms. The number of carbonyl (C=O) groups excluding carboxylic acids is 1. The molecule has 0 aliphatic carbocycles. The summed E-state index contributed by atoms with van der Waals surface area (Å²) < 4.78 is 18.6. The lowest BCUT2D eigenvalue weighted by Gasteiger charge is -2.05. The minimum absolute atomic E-state index is 0.142. The third-order valence-electron chi connectivity index (χ3n) is 3.64. The van der Waals surface area contributed by atoms with Crippen LogP contribution in [0.3, 0.4) is 0 Å². The Kier molecular flexibility index (Phi) is 5.46. The van der Waals surface area contributed by atoms with Gasteiger partial charge < -0.3 is 10.1 Å². The predicted octanol–water partition coefficient (Wildman–Crippen LogP) is 4.70. The Bertz CT molecular complexity index is 858. The summed E-state index contributed by atoms with van der Waals surface area (Å²) in [5, 5.41) is 4.76. The average molecular weight is 355 g/mol. The number of nitrogens with one attached hydrogen (secondary N) is 1. The summed E-state index contributed by atoms with van der Waals surface area (Å²) >= 11 is 1.38. The number of benzene rings is 2. The van der Waals surface area contributed by atoms with Crippen LogP contribution >= 0.6 is 11.3 Å². The maximum Gasteiger partial charge on any atom is 0.261 e. The third kappa shape index (κ3) is 4.90. The number of carbonyl (C=O) groups is 1. The lowest BCUT2D eigenvalue weighted by molar-refractivity contribution is 0.0955. The van der Waals surface area contributed by atoms with Gasteiger partial charge >= 0.3 is 0 Å². The van der Waals surface area contributed by atoms with Gasteiger partial charge in [0, 0.05) is 12.1 Å². The summed E-state index contributed by atoms with van der Waals surface area (Å²) in [5.74, 6) is 0.385. The summed E-state index contributed by atoms with van der Waals surface area (Å²) in [4.78, 5) is 12.8. The maximum absolute atomic E-state index is 12.9. The second-order valence-electron chi connectivity index (χ2n) is 5.73. The molecule has 3 aromatic rings. The molecule has 1 N–H and O–H groups in total. The highest BCUT2D eigenvalue weighted by Gasteiger charge is 2.09. The molecule has 0 saturated heterocycles. The fraction of sp³-hybridized carbons (Fsp3) is 0.150. The minimum atomic E-state index is -0.286. The molecule has 128 valence electrons. The van der Waals surface area contributed by atoms with E-state index in [1.54, 1.807) is 12.1 Å². The summed E-state index contributed by atoms with van der Waals surface area (Å²) in [7, 11) is 0. The zero-order valence-corrected chi connectivity index (χ0v) is 14.6. The molecule has 1 aromatic heterocycles. The quantitative estimate of drug-likeness (QED) is 0.696. The van der Waals surface area contributed by atoms with E-state index >= 15 is 0 Å². The number of hydrogen-bond donors (Lipinski definition) is 1. The van der Waals surface area contributed by atoms with Crippen LogP contribution < -0.4 is 10.1 Å². The van der Waals surface area contributed by atoms with Crippen LogP contribution in [0.2, 0.25) is 0 Å². The number of rotatable bonds is 6. The van der Waals surface area contributed by atoms with E-state index in [0.717, 1.165) is 22.4 Å². The Labute approximate surface area is 150 Å². The zero-order valence-electron chi connectivity index (χ0n) is 13.8. The number of thiophene rings is 1. The molecule has 0 unspecified atom stereocenters. The smallest absolute Gasteiger partial charge is 0.261 e. The number of hydrogen-bond acceptors (Lipinski definition) is 3. The molecule has 0 bridgehead atoms. The van der Waals surface area contributed by atoms with Gasteiger partial charge in [0.1, 0.15) is 18.2 Å². The Hall–Kier alpha value is -2.66.